The maximum atomic E-state index is 10.8. The van der Waals surface area contributed by atoms with Crippen LogP contribution < -0.4 is 5.32 Å². The van der Waals surface area contributed by atoms with Crippen molar-refractivity contribution < 1.29 is 13.0 Å². The lowest BCUT2D eigenvalue weighted by atomic mass is 10.1. The molecule has 2 atom stereocenters. The summed E-state index contributed by atoms with van der Waals surface area (Å²) >= 11 is 0. The van der Waals surface area contributed by atoms with Gasteiger partial charge in [0.2, 0.25) is 0 Å². The number of hydrogen-bond donors (Lipinski definition) is 2. The lowest BCUT2D eigenvalue weighted by Crippen LogP contribution is -2.49. The van der Waals surface area contributed by atoms with Crippen molar-refractivity contribution in [2.75, 3.05) is 0 Å². The van der Waals surface area contributed by atoms with Crippen LogP contribution in [-0.4, -0.2) is 29.8 Å². The van der Waals surface area contributed by atoms with E-state index in [0.717, 1.165) is 0 Å². The van der Waals surface area contributed by atoms with Gasteiger partial charge in [-0.15, -0.1) is 0 Å². The summed E-state index contributed by atoms with van der Waals surface area (Å²) < 4.78 is 30.3. The molecular formula is C8H19NO3S. The zero-order valence-corrected chi connectivity index (χ0v) is 9.64. The predicted molar refractivity (Wildman–Crippen MR) is 53.4 cm³/mol. The fraction of sp³-hybridized carbons (Fsp3) is 1.00. The van der Waals surface area contributed by atoms with Crippen molar-refractivity contribution >= 4 is 10.1 Å². The molecule has 0 fully saturated rings. The van der Waals surface area contributed by atoms with Gasteiger partial charge in [0.25, 0.3) is 10.1 Å². The average Bonchev–Trinajstić information content (AvgIpc) is 1.79. The zero-order chi connectivity index (χ0) is 10.9. The second kappa shape index (κ2) is 3.94. The van der Waals surface area contributed by atoms with Crippen LogP contribution >= 0.6 is 0 Å². The molecule has 80 valence electrons. The third-order valence-electron chi connectivity index (χ3n) is 1.83. The SMILES string of the molecule is CC(NC(C)(C)C)C(C)S(=O)(=O)O. The van der Waals surface area contributed by atoms with Crippen molar-refractivity contribution in [1.82, 2.24) is 5.32 Å². The molecule has 13 heavy (non-hydrogen) atoms. The third-order valence-corrected chi connectivity index (χ3v) is 3.18. The lowest BCUT2D eigenvalue weighted by Gasteiger charge is -2.28. The highest BCUT2D eigenvalue weighted by Crippen LogP contribution is 2.08. The molecule has 0 aromatic rings. The first kappa shape index (κ1) is 12.9. The van der Waals surface area contributed by atoms with Gasteiger partial charge in [-0.2, -0.15) is 8.42 Å². The van der Waals surface area contributed by atoms with Gasteiger partial charge in [0, 0.05) is 11.6 Å². The highest BCUT2D eigenvalue weighted by Gasteiger charge is 2.26. The quantitative estimate of drug-likeness (QED) is 0.682. The number of rotatable bonds is 3. The first-order valence-corrected chi connectivity index (χ1v) is 5.78. The molecular weight excluding hydrogens is 190 g/mol. The maximum Gasteiger partial charge on any atom is 0.269 e. The van der Waals surface area contributed by atoms with Crippen LogP contribution in [0.25, 0.3) is 0 Å². The van der Waals surface area contributed by atoms with E-state index in [1.807, 2.05) is 20.8 Å². The molecule has 0 aliphatic carbocycles. The van der Waals surface area contributed by atoms with Gasteiger partial charge in [0.05, 0.1) is 5.25 Å². The summed E-state index contributed by atoms with van der Waals surface area (Å²) in [5, 5.41) is 2.30. The summed E-state index contributed by atoms with van der Waals surface area (Å²) in [7, 11) is -3.94. The molecule has 0 heterocycles. The molecule has 0 aromatic heterocycles. The Morgan fingerprint density at radius 1 is 1.23 bits per heavy atom. The topological polar surface area (TPSA) is 66.4 Å². The van der Waals surface area contributed by atoms with Crippen LogP contribution in [0.1, 0.15) is 34.6 Å². The van der Waals surface area contributed by atoms with Gasteiger partial charge < -0.3 is 5.32 Å². The van der Waals surface area contributed by atoms with Gasteiger partial charge in [0.1, 0.15) is 0 Å². The van der Waals surface area contributed by atoms with Crippen molar-refractivity contribution in [3.05, 3.63) is 0 Å². The summed E-state index contributed by atoms with van der Waals surface area (Å²) in [5.74, 6) is 0. The van der Waals surface area contributed by atoms with Crippen molar-refractivity contribution in [3.63, 3.8) is 0 Å². The molecule has 0 aliphatic rings. The second-order valence-electron chi connectivity index (χ2n) is 4.40. The minimum atomic E-state index is -3.94. The summed E-state index contributed by atoms with van der Waals surface area (Å²) in [6, 6.07) is -0.269. The Hall–Kier alpha value is -0.130. The largest absolute Gasteiger partial charge is 0.308 e. The van der Waals surface area contributed by atoms with E-state index in [1.54, 1.807) is 6.92 Å². The van der Waals surface area contributed by atoms with E-state index in [4.69, 9.17) is 4.55 Å². The van der Waals surface area contributed by atoms with Crippen molar-refractivity contribution in [2.24, 2.45) is 0 Å². The maximum absolute atomic E-state index is 10.8. The monoisotopic (exact) mass is 209 g/mol. The summed E-state index contributed by atoms with van der Waals surface area (Å²) in [5.41, 5.74) is -0.154. The Bertz CT molecular complexity index is 253. The lowest BCUT2D eigenvalue weighted by molar-refractivity contribution is 0.356. The smallest absolute Gasteiger partial charge is 0.269 e. The van der Waals surface area contributed by atoms with Gasteiger partial charge in [-0.05, 0) is 34.6 Å². The summed E-state index contributed by atoms with van der Waals surface area (Å²) in [4.78, 5) is 0. The molecule has 0 spiro atoms. The number of nitrogens with one attached hydrogen (secondary N) is 1. The van der Waals surface area contributed by atoms with Crippen molar-refractivity contribution in [3.8, 4) is 0 Å². The van der Waals surface area contributed by atoms with Gasteiger partial charge in [-0.25, -0.2) is 0 Å². The Kier molecular flexibility index (Phi) is 3.90. The molecule has 4 nitrogen and oxygen atoms in total. The molecule has 0 aliphatic heterocycles. The highest BCUT2D eigenvalue weighted by molar-refractivity contribution is 7.86. The van der Waals surface area contributed by atoms with E-state index in [1.165, 1.54) is 6.92 Å². The molecule has 0 rings (SSSR count). The standard InChI is InChI=1S/C8H19NO3S/c1-6(9-8(3,4)5)7(2)13(10,11)12/h6-7,9H,1-5H3,(H,10,11,12). The second-order valence-corrected chi connectivity index (χ2v) is 6.18. The summed E-state index contributed by atoms with van der Waals surface area (Å²) in [6.45, 7) is 9.06. The summed E-state index contributed by atoms with van der Waals surface area (Å²) in [6.07, 6.45) is 0. The Labute approximate surface area is 80.5 Å². The van der Waals surface area contributed by atoms with Crippen LogP contribution in [-0.2, 0) is 10.1 Å². The normalized spacial score (nSPS) is 18.3. The van der Waals surface area contributed by atoms with Crippen LogP contribution in [0, 0.1) is 0 Å². The Balaban J connectivity index is 4.38. The molecule has 0 aromatic carbocycles. The van der Waals surface area contributed by atoms with Crippen LogP contribution in [0.15, 0.2) is 0 Å². The Morgan fingerprint density at radius 2 is 1.62 bits per heavy atom. The van der Waals surface area contributed by atoms with Crippen LogP contribution in [0.3, 0.4) is 0 Å². The average molecular weight is 209 g/mol. The molecule has 0 amide bonds. The highest BCUT2D eigenvalue weighted by atomic mass is 32.2. The van der Waals surface area contributed by atoms with Crippen molar-refractivity contribution in [1.29, 1.82) is 0 Å². The molecule has 2 N–H and O–H groups in total. The van der Waals surface area contributed by atoms with Crippen molar-refractivity contribution in [2.45, 2.75) is 51.4 Å². The molecule has 5 heteroatoms. The van der Waals surface area contributed by atoms with E-state index in [2.05, 4.69) is 5.32 Å². The first-order chi connectivity index (χ1) is 5.54. The van der Waals surface area contributed by atoms with E-state index < -0.39 is 15.4 Å². The zero-order valence-electron chi connectivity index (χ0n) is 8.83. The van der Waals surface area contributed by atoms with E-state index in [0.29, 0.717) is 0 Å². The molecule has 2 unspecified atom stereocenters. The van der Waals surface area contributed by atoms with E-state index in [9.17, 15) is 8.42 Å². The molecule has 0 radical (unpaired) electrons. The van der Waals surface area contributed by atoms with Gasteiger partial charge in [0.15, 0.2) is 0 Å². The number of hydrogen-bond acceptors (Lipinski definition) is 3. The minimum absolute atomic E-state index is 0.154. The first-order valence-electron chi connectivity index (χ1n) is 4.28. The van der Waals surface area contributed by atoms with Crippen LogP contribution in [0.2, 0.25) is 0 Å². The third kappa shape index (κ3) is 5.23. The van der Waals surface area contributed by atoms with Gasteiger partial charge in [-0.3, -0.25) is 4.55 Å². The molecule has 0 saturated heterocycles. The molecule has 0 saturated carbocycles. The van der Waals surface area contributed by atoms with E-state index in [-0.39, 0.29) is 11.6 Å². The fourth-order valence-corrected chi connectivity index (χ4v) is 1.64. The minimum Gasteiger partial charge on any atom is -0.308 e. The van der Waals surface area contributed by atoms with E-state index >= 15 is 0 Å². The van der Waals surface area contributed by atoms with Crippen LogP contribution in [0.5, 0.6) is 0 Å². The fourth-order valence-electron chi connectivity index (χ4n) is 1.06. The predicted octanol–water partition coefficient (Wildman–Crippen LogP) is 1.04. The van der Waals surface area contributed by atoms with Crippen LogP contribution in [0.4, 0.5) is 0 Å². The van der Waals surface area contributed by atoms with Gasteiger partial charge >= 0.3 is 0 Å². The molecule has 0 bridgehead atoms. The van der Waals surface area contributed by atoms with Gasteiger partial charge in [-0.1, -0.05) is 0 Å². The Morgan fingerprint density at radius 3 is 1.85 bits per heavy atom.